The second-order valence-corrected chi connectivity index (χ2v) is 11.1. The molecule has 0 N–H and O–H groups in total. The summed E-state index contributed by atoms with van der Waals surface area (Å²) < 4.78 is 39.9. The Kier molecular flexibility index (Phi) is 9.94. The maximum absolute atomic E-state index is 13.7. The van der Waals surface area contributed by atoms with Gasteiger partial charge in [0.05, 0.1) is 28.8 Å². The number of nitrogens with zero attached hydrogens (tertiary/aromatic N) is 1. The van der Waals surface area contributed by atoms with E-state index < -0.39 is 15.9 Å². The standard InChI is InChI=1S/C29H32BrNO5S/c1-5-7-8-22-11-14-24(15-12-22)31(37(33,34)25-16-9-21(3)10-17-25)28(32)18-13-23-19-26(30)29(36-6-2)27(20-23)35-4/h9-20H,5-8H2,1-4H3/b18-13+. The molecule has 0 spiro atoms. The number of carbonyl (C=O) groups is 1. The van der Waals surface area contributed by atoms with E-state index in [-0.39, 0.29) is 10.6 Å². The van der Waals surface area contributed by atoms with Gasteiger partial charge in [0.1, 0.15) is 0 Å². The largest absolute Gasteiger partial charge is 0.493 e. The van der Waals surface area contributed by atoms with Crippen LogP contribution < -0.4 is 13.8 Å². The van der Waals surface area contributed by atoms with Gasteiger partial charge >= 0.3 is 0 Å². The van der Waals surface area contributed by atoms with Crippen LogP contribution in [0.3, 0.4) is 0 Å². The van der Waals surface area contributed by atoms with Gasteiger partial charge in [0.2, 0.25) is 0 Å². The number of amides is 1. The monoisotopic (exact) mass is 585 g/mol. The Morgan fingerprint density at radius 2 is 1.70 bits per heavy atom. The molecule has 0 radical (unpaired) electrons. The number of aryl methyl sites for hydroxylation is 2. The molecule has 0 atom stereocenters. The van der Waals surface area contributed by atoms with Crippen molar-refractivity contribution in [3.63, 3.8) is 0 Å². The molecule has 6 nitrogen and oxygen atoms in total. The first-order chi connectivity index (χ1) is 17.7. The number of unbranched alkanes of at least 4 members (excludes halogenated alkanes) is 1. The van der Waals surface area contributed by atoms with Crippen LogP contribution >= 0.6 is 15.9 Å². The summed E-state index contributed by atoms with van der Waals surface area (Å²) in [6, 6.07) is 17.0. The highest BCUT2D eigenvalue weighted by Gasteiger charge is 2.29. The first-order valence-electron chi connectivity index (χ1n) is 12.1. The molecule has 0 aromatic heterocycles. The van der Waals surface area contributed by atoms with E-state index in [4.69, 9.17) is 9.47 Å². The van der Waals surface area contributed by atoms with Crippen LogP contribution in [0.2, 0.25) is 0 Å². The third kappa shape index (κ3) is 7.02. The van der Waals surface area contributed by atoms with Crippen molar-refractivity contribution in [2.45, 2.75) is 44.9 Å². The topological polar surface area (TPSA) is 72.9 Å². The average molecular weight is 587 g/mol. The van der Waals surface area contributed by atoms with Gasteiger partial charge in [0.15, 0.2) is 11.5 Å². The molecule has 0 saturated carbocycles. The number of carbonyl (C=O) groups excluding carboxylic acids is 1. The predicted octanol–water partition coefficient (Wildman–Crippen LogP) is 6.94. The highest BCUT2D eigenvalue weighted by Crippen LogP contribution is 2.37. The third-order valence-corrected chi connectivity index (χ3v) is 8.04. The molecule has 0 bridgehead atoms. The number of sulfonamides is 1. The number of hydrogen-bond donors (Lipinski definition) is 0. The number of ether oxygens (including phenoxy) is 2. The number of halogens is 1. The van der Waals surface area contributed by atoms with E-state index in [0.29, 0.717) is 28.1 Å². The minimum Gasteiger partial charge on any atom is -0.493 e. The van der Waals surface area contributed by atoms with Gasteiger partial charge in [-0.3, -0.25) is 4.79 Å². The summed E-state index contributed by atoms with van der Waals surface area (Å²) in [5.74, 6) is 0.362. The molecule has 1 amide bonds. The molecule has 3 aromatic carbocycles. The van der Waals surface area contributed by atoms with Crippen LogP contribution in [-0.4, -0.2) is 28.0 Å². The molecule has 0 saturated heterocycles. The summed E-state index contributed by atoms with van der Waals surface area (Å²) in [7, 11) is -2.63. The lowest BCUT2D eigenvalue weighted by Crippen LogP contribution is -2.35. The third-order valence-electron chi connectivity index (χ3n) is 5.71. The zero-order valence-corrected chi connectivity index (χ0v) is 23.9. The fourth-order valence-corrected chi connectivity index (χ4v) is 5.70. The van der Waals surface area contributed by atoms with Gasteiger partial charge in [-0.2, -0.15) is 4.31 Å². The van der Waals surface area contributed by atoms with Crippen LogP contribution in [0.4, 0.5) is 5.69 Å². The fraction of sp³-hybridized carbons (Fsp3) is 0.276. The number of hydrogen-bond acceptors (Lipinski definition) is 5. The minimum atomic E-state index is -4.16. The van der Waals surface area contributed by atoms with Gasteiger partial charge in [0.25, 0.3) is 15.9 Å². The van der Waals surface area contributed by atoms with E-state index in [1.807, 2.05) is 26.0 Å². The Morgan fingerprint density at radius 3 is 2.30 bits per heavy atom. The van der Waals surface area contributed by atoms with Crippen molar-refractivity contribution < 1.29 is 22.7 Å². The smallest absolute Gasteiger partial charge is 0.271 e. The Hall–Kier alpha value is -3.10. The van der Waals surface area contributed by atoms with Crippen LogP contribution in [0.15, 0.2) is 76.1 Å². The Balaban J connectivity index is 2.01. The van der Waals surface area contributed by atoms with Crippen LogP contribution in [-0.2, 0) is 21.2 Å². The van der Waals surface area contributed by atoms with Crippen molar-refractivity contribution in [2.24, 2.45) is 0 Å². The summed E-state index contributed by atoms with van der Waals surface area (Å²) in [6.07, 6.45) is 5.79. The second-order valence-electron chi connectivity index (χ2n) is 8.49. The molecule has 3 rings (SSSR count). The van der Waals surface area contributed by atoms with Gasteiger partial charge in [-0.15, -0.1) is 0 Å². The fourth-order valence-electron chi connectivity index (χ4n) is 3.73. The van der Waals surface area contributed by atoms with Gasteiger partial charge in [-0.1, -0.05) is 43.2 Å². The van der Waals surface area contributed by atoms with Gasteiger partial charge in [0, 0.05) is 6.08 Å². The van der Waals surface area contributed by atoms with Crippen molar-refractivity contribution in [3.05, 3.63) is 87.9 Å². The number of methoxy groups -OCH3 is 1. The summed E-state index contributed by atoms with van der Waals surface area (Å²) >= 11 is 3.48. The van der Waals surface area contributed by atoms with E-state index in [1.165, 1.54) is 25.3 Å². The lowest BCUT2D eigenvalue weighted by atomic mass is 10.1. The van der Waals surface area contributed by atoms with E-state index in [1.54, 1.807) is 42.5 Å². The molecular weight excluding hydrogens is 554 g/mol. The molecular formula is C29H32BrNO5S. The second kappa shape index (κ2) is 12.9. The maximum Gasteiger partial charge on any atom is 0.271 e. The molecule has 0 unspecified atom stereocenters. The summed E-state index contributed by atoms with van der Waals surface area (Å²) in [5.41, 5.74) is 2.93. The molecule has 0 heterocycles. The van der Waals surface area contributed by atoms with Gasteiger partial charge in [-0.05, 0) is 96.2 Å². The quantitative estimate of drug-likeness (QED) is 0.228. The van der Waals surface area contributed by atoms with Gasteiger partial charge < -0.3 is 9.47 Å². The minimum absolute atomic E-state index is 0.0420. The SMILES string of the molecule is CCCCc1ccc(N(C(=O)/C=C/c2cc(Br)c(OCC)c(OC)c2)S(=O)(=O)c2ccc(C)cc2)cc1. The Morgan fingerprint density at radius 1 is 1.03 bits per heavy atom. The van der Waals surface area contributed by atoms with E-state index >= 15 is 0 Å². The van der Waals surface area contributed by atoms with Crippen LogP contribution in [0, 0.1) is 6.92 Å². The molecule has 3 aromatic rings. The molecule has 0 fully saturated rings. The van der Waals surface area contributed by atoms with Crippen LogP contribution in [0.1, 0.15) is 43.4 Å². The number of anilines is 1. The van der Waals surface area contributed by atoms with Crippen LogP contribution in [0.5, 0.6) is 11.5 Å². The normalized spacial score (nSPS) is 11.5. The Labute approximate surface area is 228 Å². The van der Waals surface area contributed by atoms with Crippen LogP contribution in [0.25, 0.3) is 6.08 Å². The zero-order chi connectivity index (χ0) is 27.0. The summed E-state index contributed by atoms with van der Waals surface area (Å²) in [5, 5.41) is 0. The average Bonchev–Trinajstić information content (AvgIpc) is 2.88. The first kappa shape index (κ1) is 28.5. The Bertz CT molecular complexity index is 1350. The molecule has 37 heavy (non-hydrogen) atoms. The summed E-state index contributed by atoms with van der Waals surface area (Å²) in [6.45, 7) is 6.33. The molecule has 8 heteroatoms. The first-order valence-corrected chi connectivity index (χ1v) is 14.4. The lowest BCUT2D eigenvalue weighted by Gasteiger charge is -2.22. The maximum atomic E-state index is 13.7. The van der Waals surface area contributed by atoms with Gasteiger partial charge in [-0.25, -0.2) is 8.42 Å². The molecule has 0 aliphatic carbocycles. The summed E-state index contributed by atoms with van der Waals surface area (Å²) in [4.78, 5) is 13.5. The molecule has 0 aliphatic heterocycles. The molecule has 196 valence electrons. The van der Waals surface area contributed by atoms with Crippen molar-refractivity contribution >= 4 is 43.6 Å². The van der Waals surface area contributed by atoms with Crippen molar-refractivity contribution in [2.75, 3.05) is 18.0 Å². The van der Waals surface area contributed by atoms with Crippen molar-refractivity contribution in [1.82, 2.24) is 0 Å². The van der Waals surface area contributed by atoms with E-state index in [0.717, 1.165) is 34.7 Å². The highest BCUT2D eigenvalue weighted by atomic mass is 79.9. The molecule has 0 aliphatic rings. The number of rotatable bonds is 11. The lowest BCUT2D eigenvalue weighted by molar-refractivity contribution is -0.113. The van der Waals surface area contributed by atoms with Crippen molar-refractivity contribution in [1.29, 1.82) is 0 Å². The van der Waals surface area contributed by atoms with E-state index in [9.17, 15) is 13.2 Å². The van der Waals surface area contributed by atoms with Crippen molar-refractivity contribution in [3.8, 4) is 11.5 Å². The predicted molar refractivity (Wildman–Crippen MR) is 152 cm³/mol. The highest BCUT2D eigenvalue weighted by molar-refractivity contribution is 9.10. The van der Waals surface area contributed by atoms with E-state index in [2.05, 4.69) is 22.9 Å². The zero-order valence-electron chi connectivity index (χ0n) is 21.5. The number of benzene rings is 3.